The molecular weight excluding hydrogens is 346 g/mol. The van der Waals surface area contributed by atoms with Crippen LogP contribution < -0.4 is 0 Å². The summed E-state index contributed by atoms with van der Waals surface area (Å²) in [4.78, 5) is 2.46. The molecule has 3 aromatic rings. The number of aliphatic hydroxyl groups is 1. The van der Waals surface area contributed by atoms with Gasteiger partial charge in [-0.2, -0.15) is 5.10 Å². The van der Waals surface area contributed by atoms with Crippen LogP contribution in [0.3, 0.4) is 0 Å². The van der Waals surface area contributed by atoms with Crippen molar-refractivity contribution in [3.05, 3.63) is 71.4 Å². The number of likely N-dealkylation sites (tertiary alicyclic amines) is 1. The fourth-order valence-electron chi connectivity index (χ4n) is 4.08. The van der Waals surface area contributed by atoms with Gasteiger partial charge in [0.2, 0.25) is 0 Å². The number of nitrogens with zero attached hydrogens (tertiary/aromatic N) is 3. The van der Waals surface area contributed by atoms with Crippen LogP contribution in [0.5, 0.6) is 0 Å². The largest absolute Gasteiger partial charge is 0.396 e. The van der Waals surface area contributed by atoms with Crippen LogP contribution in [0.25, 0.3) is 16.9 Å². The van der Waals surface area contributed by atoms with Crippen LogP contribution in [0.15, 0.2) is 54.7 Å². The summed E-state index contributed by atoms with van der Waals surface area (Å²) in [5.74, 6) is 0.392. The number of rotatable bonds is 5. The van der Waals surface area contributed by atoms with Crippen molar-refractivity contribution in [1.29, 1.82) is 0 Å². The number of aliphatic hydroxyl groups excluding tert-OH is 1. The molecule has 1 atom stereocenters. The van der Waals surface area contributed by atoms with Crippen molar-refractivity contribution in [3.63, 3.8) is 0 Å². The topological polar surface area (TPSA) is 41.3 Å². The Morgan fingerprint density at radius 1 is 1.07 bits per heavy atom. The number of benzene rings is 2. The van der Waals surface area contributed by atoms with E-state index in [9.17, 15) is 5.11 Å². The average molecular weight is 376 g/mol. The van der Waals surface area contributed by atoms with Crippen molar-refractivity contribution in [1.82, 2.24) is 14.7 Å². The second kappa shape index (κ2) is 8.29. The van der Waals surface area contributed by atoms with Crippen molar-refractivity contribution in [2.75, 3.05) is 19.7 Å². The van der Waals surface area contributed by atoms with Gasteiger partial charge in [-0.1, -0.05) is 41.5 Å². The Bertz CT molecular complexity index is 929. The third-order valence-electron chi connectivity index (χ3n) is 5.64. The Hall–Kier alpha value is -2.43. The highest BCUT2D eigenvalue weighted by molar-refractivity contribution is 5.64. The first-order chi connectivity index (χ1) is 13.6. The number of aromatic nitrogens is 2. The zero-order valence-corrected chi connectivity index (χ0v) is 16.8. The summed E-state index contributed by atoms with van der Waals surface area (Å²) in [6.45, 7) is 7.41. The molecule has 1 aliphatic heterocycles. The maximum atomic E-state index is 9.57. The van der Waals surface area contributed by atoms with E-state index < -0.39 is 0 Å². The summed E-state index contributed by atoms with van der Waals surface area (Å²) in [5.41, 5.74) is 7.03. The zero-order chi connectivity index (χ0) is 19.5. The van der Waals surface area contributed by atoms with Crippen LogP contribution in [-0.2, 0) is 6.54 Å². The summed E-state index contributed by atoms with van der Waals surface area (Å²) in [6.07, 6.45) is 4.45. The van der Waals surface area contributed by atoms with E-state index in [-0.39, 0.29) is 6.61 Å². The van der Waals surface area contributed by atoms with Gasteiger partial charge in [0.1, 0.15) is 0 Å². The van der Waals surface area contributed by atoms with E-state index in [1.165, 1.54) is 16.7 Å². The number of aryl methyl sites for hydroxylation is 2. The van der Waals surface area contributed by atoms with E-state index in [0.717, 1.165) is 49.4 Å². The highest BCUT2D eigenvalue weighted by Gasteiger charge is 2.22. The Labute approximate surface area is 167 Å². The molecule has 1 unspecified atom stereocenters. The summed E-state index contributed by atoms with van der Waals surface area (Å²) in [5, 5.41) is 14.5. The summed E-state index contributed by atoms with van der Waals surface area (Å²) >= 11 is 0. The van der Waals surface area contributed by atoms with Crippen LogP contribution in [-0.4, -0.2) is 39.5 Å². The van der Waals surface area contributed by atoms with Gasteiger partial charge in [0, 0.05) is 37.0 Å². The van der Waals surface area contributed by atoms with Crippen molar-refractivity contribution in [2.24, 2.45) is 5.92 Å². The van der Waals surface area contributed by atoms with E-state index in [1.807, 2.05) is 4.68 Å². The minimum absolute atomic E-state index is 0.282. The van der Waals surface area contributed by atoms with Crippen LogP contribution in [0.2, 0.25) is 0 Å². The molecule has 0 amide bonds. The first-order valence-corrected chi connectivity index (χ1v) is 10.2. The molecule has 1 aliphatic rings. The van der Waals surface area contributed by atoms with Gasteiger partial charge >= 0.3 is 0 Å². The van der Waals surface area contributed by atoms with Crippen LogP contribution in [0.1, 0.15) is 29.5 Å². The molecule has 1 fully saturated rings. The molecule has 1 N–H and O–H groups in total. The normalized spacial score (nSPS) is 17.8. The van der Waals surface area contributed by atoms with Gasteiger partial charge in [0.15, 0.2) is 0 Å². The number of hydrogen-bond donors (Lipinski definition) is 1. The van der Waals surface area contributed by atoms with E-state index in [4.69, 9.17) is 5.10 Å². The zero-order valence-electron chi connectivity index (χ0n) is 16.8. The lowest BCUT2D eigenvalue weighted by Gasteiger charge is -2.31. The lowest BCUT2D eigenvalue weighted by Crippen LogP contribution is -2.36. The first kappa shape index (κ1) is 18.9. The minimum Gasteiger partial charge on any atom is -0.396 e. The third-order valence-corrected chi connectivity index (χ3v) is 5.64. The molecule has 0 spiro atoms. The molecule has 4 heteroatoms. The van der Waals surface area contributed by atoms with Crippen LogP contribution in [0, 0.1) is 19.8 Å². The Kier molecular flexibility index (Phi) is 5.60. The van der Waals surface area contributed by atoms with Gasteiger partial charge in [0.25, 0.3) is 0 Å². The van der Waals surface area contributed by atoms with Gasteiger partial charge in [0.05, 0.1) is 11.4 Å². The van der Waals surface area contributed by atoms with Gasteiger partial charge < -0.3 is 5.11 Å². The monoisotopic (exact) mass is 375 g/mol. The average Bonchev–Trinajstić information content (AvgIpc) is 3.12. The van der Waals surface area contributed by atoms with Gasteiger partial charge in [-0.25, -0.2) is 4.68 Å². The Morgan fingerprint density at radius 3 is 2.64 bits per heavy atom. The molecule has 28 heavy (non-hydrogen) atoms. The molecule has 146 valence electrons. The molecule has 2 heterocycles. The van der Waals surface area contributed by atoms with Crippen molar-refractivity contribution >= 4 is 0 Å². The molecule has 0 saturated carbocycles. The predicted octanol–water partition coefficient (Wildman–Crippen LogP) is 4.36. The first-order valence-electron chi connectivity index (χ1n) is 10.2. The molecule has 4 rings (SSSR count). The van der Waals surface area contributed by atoms with Gasteiger partial charge in [-0.15, -0.1) is 0 Å². The third kappa shape index (κ3) is 4.18. The Balaban J connectivity index is 1.69. The smallest absolute Gasteiger partial charge is 0.0972 e. The molecule has 1 aromatic heterocycles. The number of piperidine rings is 1. The fraction of sp³-hybridized carbons (Fsp3) is 0.375. The maximum Gasteiger partial charge on any atom is 0.0972 e. The maximum absolute atomic E-state index is 9.57. The van der Waals surface area contributed by atoms with Crippen molar-refractivity contribution < 1.29 is 5.11 Å². The SMILES string of the molecule is Cc1ccc(-n2cc(CN3CCCC(CO)C3)c(-c3cccc(C)c3)n2)cc1. The molecule has 1 saturated heterocycles. The lowest BCUT2D eigenvalue weighted by atomic mass is 9.98. The summed E-state index contributed by atoms with van der Waals surface area (Å²) in [7, 11) is 0. The van der Waals surface area contributed by atoms with E-state index in [2.05, 4.69) is 73.5 Å². The molecule has 2 aromatic carbocycles. The lowest BCUT2D eigenvalue weighted by molar-refractivity contribution is 0.116. The molecule has 0 aliphatic carbocycles. The van der Waals surface area contributed by atoms with Gasteiger partial charge in [-0.3, -0.25) is 4.90 Å². The highest BCUT2D eigenvalue weighted by atomic mass is 16.3. The van der Waals surface area contributed by atoms with E-state index in [1.54, 1.807) is 0 Å². The molecule has 0 bridgehead atoms. The van der Waals surface area contributed by atoms with Crippen LogP contribution in [0.4, 0.5) is 0 Å². The molecule has 0 radical (unpaired) electrons. The quantitative estimate of drug-likeness (QED) is 0.720. The summed E-state index contributed by atoms with van der Waals surface area (Å²) < 4.78 is 2.00. The standard InChI is InChI=1S/C24H29N3O/c1-18-8-10-23(11-9-18)27-16-22(15-26-12-4-6-20(14-26)17-28)24(25-27)21-7-3-5-19(2)13-21/h3,5,7-11,13,16,20,28H,4,6,12,14-15,17H2,1-2H3. The molecular formula is C24H29N3O. The molecule has 4 nitrogen and oxygen atoms in total. The second-order valence-electron chi connectivity index (χ2n) is 8.08. The van der Waals surface area contributed by atoms with Gasteiger partial charge in [-0.05, 0) is 57.4 Å². The predicted molar refractivity (Wildman–Crippen MR) is 114 cm³/mol. The second-order valence-corrected chi connectivity index (χ2v) is 8.08. The van der Waals surface area contributed by atoms with E-state index >= 15 is 0 Å². The van der Waals surface area contributed by atoms with Crippen molar-refractivity contribution in [2.45, 2.75) is 33.2 Å². The minimum atomic E-state index is 0.282. The number of hydrogen-bond acceptors (Lipinski definition) is 3. The highest BCUT2D eigenvalue weighted by Crippen LogP contribution is 2.27. The summed E-state index contributed by atoms with van der Waals surface area (Å²) in [6, 6.07) is 17.1. The van der Waals surface area contributed by atoms with E-state index in [0.29, 0.717) is 5.92 Å². The fourth-order valence-corrected chi connectivity index (χ4v) is 4.08. The Morgan fingerprint density at radius 2 is 1.89 bits per heavy atom. The van der Waals surface area contributed by atoms with Crippen LogP contribution >= 0.6 is 0 Å². The van der Waals surface area contributed by atoms with Crippen molar-refractivity contribution in [3.8, 4) is 16.9 Å².